The van der Waals surface area contributed by atoms with E-state index in [2.05, 4.69) is 10.6 Å². The number of anilines is 2. The fourth-order valence-electron chi connectivity index (χ4n) is 3.03. The summed E-state index contributed by atoms with van der Waals surface area (Å²) >= 11 is 0. The molecule has 2 aromatic rings. The summed E-state index contributed by atoms with van der Waals surface area (Å²) in [5, 5.41) is 5.58. The van der Waals surface area contributed by atoms with E-state index in [1.54, 1.807) is 25.2 Å². The summed E-state index contributed by atoms with van der Waals surface area (Å²) in [7, 11) is 1.68. The number of likely N-dealkylation sites (N-methyl/N-ethyl adjacent to an activating group) is 1. The summed E-state index contributed by atoms with van der Waals surface area (Å²) in [4.78, 5) is 25.5. The van der Waals surface area contributed by atoms with E-state index < -0.39 is 0 Å². The number of nitrogens with one attached hydrogen (secondary N) is 2. The van der Waals surface area contributed by atoms with Gasteiger partial charge in [0.05, 0.1) is 18.9 Å². The molecule has 0 saturated carbocycles. The Balaban J connectivity index is 1.37. The fraction of sp³-hybridized carbons (Fsp3) is 0.300. The summed E-state index contributed by atoms with van der Waals surface area (Å²) < 4.78 is 16.7. The van der Waals surface area contributed by atoms with Gasteiger partial charge in [0.25, 0.3) is 5.91 Å². The van der Waals surface area contributed by atoms with Crippen LogP contribution in [0.15, 0.2) is 36.4 Å². The van der Waals surface area contributed by atoms with Gasteiger partial charge in [-0.2, -0.15) is 0 Å². The molecule has 2 aromatic carbocycles. The van der Waals surface area contributed by atoms with Gasteiger partial charge in [0.1, 0.15) is 5.75 Å². The third-order valence-electron chi connectivity index (χ3n) is 4.57. The SMILES string of the molecule is CN1C(=O)COc2ccc(NC(=O)NCc3ccc4c(c3)OCCCO4)cc21. The van der Waals surface area contributed by atoms with Gasteiger partial charge in [0.15, 0.2) is 18.1 Å². The van der Waals surface area contributed by atoms with Crippen molar-refractivity contribution < 1.29 is 23.8 Å². The summed E-state index contributed by atoms with van der Waals surface area (Å²) in [5.74, 6) is 1.89. The lowest BCUT2D eigenvalue weighted by atomic mass is 10.2. The fourth-order valence-corrected chi connectivity index (χ4v) is 3.03. The van der Waals surface area contributed by atoms with Crippen molar-refractivity contribution in [3.8, 4) is 17.2 Å². The highest BCUT2D eigenvalue weighted by Gasteiger charge is 2.22. The van der Waals surface area contributed by atoms with Crippen LogP contribution in [0.4, 0.5) is 16.2 Å². The van der Waals surface area contributed by atoms with Crippen molar-refractivity contribution in [3.63, 3.8) is 0 Å². The Hall–Kier alpha value is -3.42. The van der Waals surface area contributed by atoms with Crippen LogP contribution < -0.4 is 29.7 Å². The first-order valence-corrected chi connectivity index (χ1v) is 9.07. The Bertz CT molecular complexity index is 915. The number of urea groups is 1. The second-order valence-electron chi connectivity index (χ2n) is 6.56. The number of hydrogen-bond donors (Lipinski definition) is 2. The maximum absolute atomic E-state index is 12.3. The van der Waals surface area contributed by atoms with Crippen molar-refractivity contribution in [1.82, 2.24) is 5.32 Å². The molecule has 0 aromatic heterocycles. The number of carbonyl (C=O) groups is 2. The van der Waals surface area contributed by atoms with E-state index in [0.29, 0.717) is 42.6 Å². The number of fused-ring (bicyclic) bond motifs is 2. The van der Waals surface area contributed by atoms with E-state index in [1.807, 2.05) is 18.2 Å². The van der Waals surface area contributed by atoms with Gasteiger partial charge in [-0.15, -0.1) is 0 Å². The Kier molecular flexibility index (Phi) is 4.92. The smallest absolute Gasteiger partial charge is 0.319 e. The first kappa shape index (κ1) is 18.0. The van der Waals surface area contributed by atoms with Crippen LogP contribution in [0.3, 0.4) is 0 Å². The number of ether oxygens (including phenoxy) is 3. The predicted molar refractivity (Wildman–Crippen MR) is 103 cm³/mol. The molecule has 2 N–H and O–H groups in total. The Morgan fingerprint density at radius 3 is 2.68 bits per heavy atom. The second-order valence-corrected chi connectivity index (χ2v) is 6.56. The van der Waals surface area contributed by atoms with Gasteiger partial charge in [-0.3, -0.25) is 4.79 Å². The van der Waals surface area contributed by atoms with E-state index in [-0.39, 0.29) is 18.5 Å². The van der Waals surface area contributed by atoms with Gasteiger partial charge in [-0.05, 0) is 35.9 Å². The number of benzene rings is 2. The normalized spacial score (nSPS) is 15.2. The molecule has 2 heterocycles. The molecule has 0 unspecified atom stereocenters. The van der Waals surface area contributed by atoms with Crippen molar-refractivity contribution in [2.45, 2.75) is 13.0 Å². The molecular weight excluding hydrogens is 362 g/mol. The predicted octanol–water partition coefficient (Wildman–Crippen LogP) is 2.52. The molecule has 28 heavy (non-hydrogen) atoms. The van der Waals surface area contributed by atoms with Crippen LogP contribution in [-0.2, 0) is 11.3 Å². The third kappa shape index (κ3) is 3.80. The standard InChI is InChI=1S/C20H21N3O5/c1-23-15-10-14(4-6-16(15)28-12-19(23)24)22-20(25)21-11-13-3-5-17-18(9-13)27-8-2-7-26-17/h3-6,9-10H,2,7-8,11-12H2,1H3,(H2,21,22,25). The van der Waals surface area contributed by atoms with Crippen molar-refractivity contribution in [2.75, 3.05) is 37.1 Å². The highest BCUT2D eigenvalue weighted by Crippen LogP contribution is 2.33. The minimum absolute atomic E-state index is 0.0201. The maximum atomic E-state index is 12.3. The van der Waals surface area contributed by atoms with Crippen LogP contribution >= 0.6 is 0 Å². The minimum Gasteiger partial charge on any atom is -0.490 e. The zero-order valence-electron chi connectivity index (χ0n) is 15.5. The van der Waals surface area contributed by atoms with Crippen LogP contribution in [0.1, 0.15) is 12.0 Å². The van der Waals surface area contributed by atoms with Gasteiger partial charge in [-0.25, -0.2) is 4.79 Å². The van der Waals surface area contributed by atoms with Crippen molar-refractivity contribution in [2.24, 2.45) is 0 Å². The zero-order chi connectivity index (χ0) is 19.5. The number of rotatable bonds is 3. The van der Waals surface area contributed by atoms with Crippen molar-refractivity contribution in [1.29, 1.82) is 0 Å². The minimum atomic E-state index is -0.349. The van der Waals surface area contributed by atoms with E-state index >= 15 is 0 Å². The molecule has 0 aliphatic carbocycles. The largest absolute Gasteiger partial charge is 0.490 e. The first-order valence-electron chi connectivity index (χ1n) is 9.07. The van der Waals surface area contributed by atoms with Gasteiger partial charge in [-0.1, -0.05) is 6.07 Å². The average molecular weight is 383 g/mol. The van der Waals surface area contributed by atoms with Gasteiger partial charge in [0.2, 0.25) is 0 Å². The van der Waals surface area contributed by atoms with Crippen LogP contribution in [0.5, 0.6) is 17.2 Å². The molecule has 0 radical (unpaired) electrons. The van der Waals surface area contributed by atoms with E-state index in [4.69, 9.17) is 14.2 Å². The third-order valence-corrected chi connectivity index (χ3v) is 4.57. The first-order chi connectivity index (χ1) is 13.6. The Morgan fingerprint density at radius 2 is 1.82 bits per heavy atom. The van der Waals surface area contributed by atoms with Crippen LogP contribution in [0.2, 0.25) is 0 Å². The molecule has 0 bridgehead atoms. The summed E-state index contributed by atoms with van der Waals surface area (Å²) in [6.07, 6.45) is 0.845. The molecule has 8 nitrogen and oxygen atoms in total. The van der Waals surface area contributed by atoms with E-state index in [9.17, 15) is 9.59 Å². The summed E-state index contributed by atoms with van der Waals surface area (Å²) in [6.45, 7) is 1.62. The molecule has 0 atom stereocenters. The number of amides is 3. The van der Waals surface area contributed by atoms with E-state index in [0.717, 1.165) is 17.7 Å². The molecule has 0 spiro atoms. The quantitative estimate of drug-likeness (QED) is 0.850. The molecule has 2 aliphatic rings. The van der Waals surface area contributed by atoms with E-state index in [1.165, 1.54) is 4.90 Å². The van der Waals surface area contributed by atoms with Crippen molar-refractivity contribution >= 4 is 23.3 Å². The molecule has 2 aliphatic heterocycles. The van der Waals surface area contributed by atoms with Gasteiger partial charge >= 0.3 is 6.03 Å². The number of carbonyl (C=O) groups excluding carboxylic acids is 2. The van der Waals surface area contributed by atoms with Gasteiger partial charge < -0.3 is 29.7 Å². The van der Waals surface area contributed by atoms with Crippen LogP contribution in [-0.4, -0.2) is 38.8 Å². The van der Waals surface area contributed by atoms with Gasteiger partial charge in [0, 0.05) is 25.7 Å². The monoisotopic (exact) mass is 383 g/mol. The molecule has 3 amide bonds. The Morgan fingerprint density at radius 1 is 1.04 bits per heavy atom. The lowest BCUT2D eigenvalue weighted by molar-refractivity contribution is -0.120. The van der Waals surface area contributed by atoms with Crippen LogP contribution in [0.25, 0.3) is 0 Å². The number of hydrogen-bond acceptors (Lipinski definition) is 5. The highest BCUT2D eigenvalue weighted by atomic mass is 16.5. The maximum Gasteiger partial charge on any atom is 0.319 e. The molecule has 0 fully saturated rings. The average Bonchev–Trinajstić information content (AvgIpc) is 2.94. The molecule has 8 heteroatoms. The summed E-state index contributed by atoms with van der Waals surface area (Å²) in [6, 6.07) is 10.4. The lowest BCUT2D eigenvalue weighted by Crippen LogP contribution is -2.35. The molecule has 4 rings (SSSR count). The Labute approximate surface area is 162 Å². The van der Waals surface area contributed by atoms with Crippen molar-refractivity contribution in [3.05, 3.63) is 42.0 Å². The molecule has 0 saturated heterocycles. The number of nitrogens with zero attached hydrogens (tertiary/aromatic N) is 1. The highest BCUT2D eigenvalue weighted by molar-refractivity contribution is 5.99. The lowest BCUT2D eigenvalue weighted by Gasteiger charge is -2.26. The molecular formula is C20H21N3O5. The van der Waals surface area contributed by atoms with Crippen LogP contribution in [0, 0.1) is 0 Å². The zero-order valence-corrected chi connectivity index (χ0v) is 15.5. The molecule has 146 valence electrons. The topological polar surface area (TPSA) is 89.1 Å². The summed E-state index contributed by atoms with van der Waals surface area (Å²) in [5.41, 5.74) is 2.10. The second kappa shape index (κ2) is 7.67.